The van der Waals surface area contributed by atoms with E-state index in [1.807, 2.05) is 0 Å². The number of aryl methyl sites for hydroxylation is 1. The maximum atomic E-state index is 5.55. The van der Waals surface area contributed by atoms with E-state index in [1.165, 1.54) is 0 Å². The van der Waals surface area contributed by atoms with Crippen molar-refractivity contribution in [2.45, 2.75) is 32.3 Å². The fourth-order valence-corrected chi connectivity index (χ4v) is 1.75. The van der Waals surface area contributed by atoms with Crippen LogP contribution in [0.3, 0.4) is 0 Å². The van der Waals surface area contributed by atoms with Gasteiger partial charge in [0, 0.05) is 13.0 Å². The van der Waals surface area contributed by atoms with E-state index >= 15 is 0 Å². The third-order valence-electron chi connectivity index (χ3n) is 2.71. The minimum atomic E-state index is -0.0101. The van der Waals surface area contributed by atoms with Gasteiger partial charge >= 0.3 is 0 Å². The van der Waals surface area contributed by atoms with Crippen LogP contribution in [0, 0.1) is 5.92 Å². The molecular weight excluding hydrogens is 194 g/mol. The van der Waals surface area contributed by atoms with Gasteiger partial charge in [-0.25, -0.2) is 0 Å². The second kappa shape index (κ2) is 4.72. The molecule has 2 heterocycles. The summed E-state index contributed by atoms with van der Waals surface area (Å²) in [6, 6.07) is 0. The molecule has 2 atom stereocenters. The van der Waals surface area contributed by atoms with Crippen LogP contribution in [0.15, 0.2) is 4.42 Å². The fraction of sp³-hybridized carbons (Fsp3) is 0.800. The van der Waals surface area contributed by atoms with E-state index in [2.05, 4.69) is 17.1 Å². The summed E-state index contributed by atoms with van der Waals surface area (Å²) in [5.74, 6) is 1.75. The zero-order valence-corrected chi connectivity index (χ0v) is 8.98. The van der Waals surface area contributed by atoms with Crippen molar-refractivity contribution in [2.24, 2.45) is 11.7 Å². The topological polar surface area (TPSA) is 74.2 Å². The van der Waals surface area contributed by atoms with Crippen LogP contribution in [0.4, 0.5) is 0 Å². The third-order valence-corrected chi connectivity index (χ3v) is 2.71. The van der Waals surface area contributed by atoms with Crippen LogP contribution in [0.5, 0.6) is 0 Å². The molecule has 0 bridgehead atoms. The lowest BCUT2D eigenvalue weighted by molar-refractivity contribution is 0.0704. The molecule has 1 aliphatic rings. The van der Waals surface area contributed by atoms with Gasteiger partial charge in [0.25, 0.3) is 0 Å². The number of aromatic nitrogens is 2. The summed E-state index contributed by atoms with van der Waals surface area (Å²) in [4.78, 5) is 0. The van der Waals surface area contributed by atoms with E-state index in [9.17, 15) is 0 Å². The predicted molar refractivity (Wildman–Crippen MR) is 54.1 cm³/mol. The first-order valence-electron chi connectivity index (χ1n) is 5.45. The molecule has 15 heavy (non-hydrogen) atoms. The summed E-state index contributed by atoms with van der Waals surface area (Å²) in [5.41, 5.74) is 5.41. The van der Waals surface area contributed by atoms with Gasteiger partial charge in [-0.1, -0.05) is 6.92 Å². The van der Waals surface area contributed by atoms with Crippen molar-refractivity contribution >= 4 is 0 Å². The molecule has 0 saturated carbocycles. The maximum Gasteiger partial charge on any atom is 0.245 e. The first-order valence-corrected chi connectivity index (χ1v) is 5.45. The van der Waals surface area contributed by atoms with Crippen LogP contribution < -0.4 is 5.73 Å². The normalized spacial score (nSPS) is 26.0. The summed E-state index contributed by atoms with van der Waals surface area (Å²) in [6.45, 7) is 3.57. The van der Waals surface area contributed by atoms with E-state index in [1.54, 1.807) is 0 Å². The van der Waals surface area contributed by atoms with Gasteiger partial charge in [-0.15, -0.1) is 10.2 Å². The highest BCUT2D eigenvalue weighted by Gasteiger charge is 2.30. The minimum absolute atomic E-state index is 0.0101. The zero-order valence-electron chi connectivity index (χ0n) is 8.98. The Kier molecular flexibility index (Phi) is 3.33. The summed E-state index contributed by atoms with van der Waals surface area (Å²) >= 11 is 0. The molecule has 0 radical (unpaired) electrons. The molecule has 1 aliphatic heterocycles. The second-order valence-corrected chi connectivity index (χ2v) is 3.98. The Balaban J connectivity index is 1.99. The lowest BCUT2D eigenvalue weighted by Crippen LogP contribution is -2.04. The lowest BCUT2D eigenvalue weighted by atomic mass is 10.0. The summed E-state index contributed by atoms with van der Waals surface area (Å²) in [5, 5.41) is 8.00. The first-order chi connectivity index (χ1) is 7.31. The molecule has 2 unspecified atom stereocenters. The van der Waals surface area contributed by atoms with Crippen LogP contribution in [-0.4, -0.2) is 23.3 Å². The summed E-state index contributed by atoms with van der Waals surface area (Å²) in [7, 11) is 0. The second-order valence-electron chi connectivity index (χ2n) is 3.98. The van der Waals surface area contributed by atoms with Crippen molar-refractivity contribution in [2.75, 3.05) is 13.2 Å². The summed E-state index contributed by atoms with van der Waals surface area (Å²) in [6.07, 6.45) is 2.68. The molecule has 0 amide bonds. The molecule has 0 aromatic carbocycles. The Morgan fingerprint density at radius 3 is 3.00 bits per heavy atom. The van der Waals surface area contributed by atoms with Gasteiger partial charge in [0.2, 0.25) is 11.8 Å². The predicted octanol–water partition coefficient (Wildman–Crippen LogP) is 1.06. The Hall–Kier alpha value is -0.940. The molecule has 5 heteroatoms. The Labute approximate surface area is 89.0 Å². The summed E-state index contributed by atoms with van der Waals surface area (Å²) < 4.78 is 11.1. The number of nitrogens with zero attached hydrogens (tertiary/aromatic N) is 2. The number of hydrogen-bond acceptors (Lipinski definition) is 5. The fourth-order valence-electron chi connectivity index (χ4n) is 1.75. The Bertz CT molecular complexity index is 313. The van der Waals surface area contributed by atoms with Crippen molar-refractivity contribution in [3.63, 3.8) is 0 Å². The molecule has 1 fully saturated rings. The third kappa shape index (κ3) is 2.35. The largest absolute Gasteiger partial charge is 0.422 e. The quantitative estimate of drug-likeness (QED) is 0.806. The van der Waals surface area contributed by atoms with E-state index < -0.39 is 0 Å². The number of rotatable bonds is 4. The van der Waals surface area contributed by atoms with Crippen molar-refractivity contribution < 1.29 is 9.15 Å². The molecule has 1 aromatic heterocycles. The van der Waals surface area contributed by atoms with Gasteiger partial charge in [-0.3, -0.25) is 0 Å². The van der Waals surface area contributed by atoms with Crippen LogP contribution in [0.2, 0.25) is 0 Å². The van der Waals surface area contributed by atoms with Crippen LogP contribution in [-0.2, 0) is 11.2 Å². The van der Waals surface area contributed by atoms with E-state index in [0.29, 0.717) is 24.2 Å². The zero-order chi connectivity index (χ0) is 10.7. The minimum Gasteiger partial charge on any atom is -0.422 e. The number of nitrogens with two attached hydrogens (primary N) is 1. The van der Waals surface area contributed by atoms with Gasteiger partial charge in [-0.05, 0) is 25.3 Å². The highest BCUT2D eigenvalue weighted by molar-refractivity contribution is 4.91. The smallest absolute Gasteiger partial charge is 0.245 e. The molecule has 0 spiro atoms. The standard InChI is InChI=1S/C10H17N3O2/c1-7-4-6-14-9(7)10-13-12-8(15-10)3-2-5-11/h7,9H,2-6,11H2,1H3. The SMILES string of the molecule is CC1CCOC1c1nnc(CCCN)o1. The Morgan fingerprint density at radius 1 is 1.47 bits per heavy atom. The van der Waals surface area contributed by atoms with Gasteiger partial charge in [0.05, 0.1) is 0 Å². The molecule has 2 rings (SSSR count). The highest BCUT2D eigenvalue weighted by Crippen LogP contribution is 2.33. The van der Waals surface area contributed by atoms with E-state index in [0.717, 1.165) is 25.9 Å². The van der Waals surface area contributed by atoms with E-state index in [-0.39, 0.29) is 6.10 Å². The average molecular weight is 211 g/mol. The van der Waals surface area contributed by atoms with Crippen LogP contribution >= 0.6 is 0 Å². The van der Waals surface area contributed by atoms with Gasteiger partial charge in [0.15, 0.2) is 0 Å². The lowest BCUT2D eigenvalue weighted by Gasteiger charge is -2.08. The molecule has 5 nitrogen and oxygen atoms in total. The first kappa shape index (κ1) is 10.6. The average Bonchev–Trinajstić information content (AvgIpc) is 2.83. The van der Waals surface area contributed by atoms with Gasteiger partial charge in [-0.2, -0.15) is 0 Å². The monoisotopic (exact) mass is 211 g/mol. The molecule has 1 saturated heterocycles. The van der Waals surface area contributed by atoms with Crippen molar-refractivity contribution in [3.8, 4) is 0 Å². The van der Waals surface area contributed by atoms with Crippen LogP contribution in [0.25, 0.3) is 0 Å². The van der Waals surface area contributed by atoms with Gasteiger partial charge in [0.1, 0.15) is 6.10 Å². The molecule has 84 valence electrons. The Morgan fingerprint density at radius 2 is 2.33 bits per heavy atom. The number of hydrogen-bond donors (Lipinski definition) is 1. The highest BCUT2D eigenvalue weighted by atomic mass is 16.5. The molecule has 0 aliphatic carbocycles. The molecule has 2 N–H and O–H groups in total. The number of ether oxygens (including phenoxy) is 1. The maximum absolute atomic E-state index is 5.55. The molecular formula is C10H17N3O2. The molecule has 1 aromatic rings. The van der Waals surface area contributed by atoms with Crippen molar-refractivity contribution in [3.05, 3.63) is 11.8 Å². The van der Waals surface area contributed by atoms with Crippen molar-refractivity contribution in [1.82, 2.24) is 10.2 Å². The van der Waals surface area contributed by atoms with Crippen molar-refractivity contribution in [1.29, 1.82) is 0 Å². The van der Waals surface area contributed by atoms with E-state index in [4.69, 9.17) is 14.9 Å². The van der Waals surface area contributed by atoms with Gasteiger partial charge < -0.3 is 14.9 Å². The van der Waals surface area contributed by atoms with Crippen LogP contribution in [0.1, 0.15) is 37.7 Å².